The lowest BCUT2D eigenvalue weighted by molar-refractivity contribution is 0.112. The molecule has 150 valence electrons. The SMILES string of the molecule is O=C(O)N[C@@H](Cc1cc(F)cc(F)c1)[C@@H](O)CNC1CCOc2ccccc21. The van der Waals surface area contributed by atoms with Crippen molar-refractivity contribution in [2.45, 2.75) is 31.0 Å². The van der Waals surface area contributed by atoms with E-state index in [1.54, 1.807) is 0 Å². The molecule has 2 aromatic rings. The average Bonchev–Trinajstić information content (AvgIpc) is 2.64. The quantitative estimate of drug-likeness (QED) is 0.582. The van der Waals surface area contributed by atoms with Gasteiger partial charge in [-0.05, 0) is 30.2 Å². The van der Waals surface area contributed by atoms with Gasteiger partial charge in [0, 0.05) is 30.6 Å². The van der Waals surface area contributed by atoms with Crippen molar-refractivity contribution < 1.29 is 28.5 Å². The molecule has 1 aliphatic rings. The van der Waals surface area contributed by atoms with Crippen molar-refractivity contribution in [2.24, 2.45) is 0 Å². The van der Waals surface area contributed by atoms with Gasteiger partial charge < -0.3 is 25.6 Å². The molecule has 0 aliphatic carbocycles. The molecule has 2 aromatic carbocycles. The maximum Gasteiger partial charge on any atom is 0.404 e. The summed E-state index contributed by atoms with van der Waals surface area (Å²) in [6.45, 7) is 0.631. The summed E-state index contributed by atoms with van der Waals surface area (Å²) in [5.74, 6) is -0.734. The number of aliphatic hydroxyl groups is 1. The highest BCUT2D eigenvalue weighted by Gasteiger charge is 2.25. The number of para-hydroxylation sites is 1. The second kappa shape index (κ2) is 8.99. The molecule has 3 rings (SSSR count). The minimum atomic E-state index is -1.32. The molecular formula is C20H22F2N2O4. The zero-order chi connectivity index (χ0) is 20.1. The van der Waals surface area contributed by atoms with Crippen LogP contribution in [0.25, 0.3) is 0 Å². The molecule has 8 heteroatoms. The number of benzene rings is 2. The van der Waals surface area contributed by atoms with E-state index < -0.39 is 29.9 Å². The highest BCUT2D eigenvalue weighted by Crippen LogP contribution is 2.31. The van der Waals surface area contributed by atoms with Gasteiger partial charge in [0.2, 0.25) is 0 Å². The zero-order valence-corrected chi connectivity index (χ0v) is 15.1. The minimum Gasteiger partial charge on any atom is -0.493 e. The summed E-state index contributed by atoms with van der Waals surface area (Å²) in [7, 11) is 0. The number of hydrogen-bond acceptors (Lipinski definition) is 4. The van der Waals surface area contributed by atoms with E-state index in [0.717, 1.165) is 29.5 Å². The summed E-state index contributed by atoms with van der Waals surface area (Å²) in [5, 5.41) is 25.0. The Labute approximate surface area is 161 Å². The van der Waals surface area contributed by atoms with Crippen LogP contribution in [0.2, 0.25) is 0 Å². The smallest absolute Gasteiger partial charge is 0.404 e. The molecule has 28 heavy (non-hydrogen) atoms. The van der Waals surface area contributed by atoms with E-state index in [0.29, 0.717) is 13.0 Å². The van der Waals surface area contributed by atoms with Gasteiger partial charge in [0.1, 0.15) is 17.4 Å². The molecule has 1 heterocycles. The van der Waals surface area contributed by atoms with Crippen molar-refractivity contribution in [1.82, 2.24) is 10.6 Å². The standard InChI is InChI=1S/C20H22F2N2O4/c21-13-7-12(8-14(22)10-13)9-17(24-20(26)27)18(25)11-23-16-5-6-28-19-4-2-1-3-15(16)19/h1-4,7-8,10,16-18,23-25H,5-6,9,11H2,(H,26,27)/t16?,17-,18-/m0/s1. The fraction of sp³-hybridized carbons (Fsp3) is 0.350. The Kier molecular flexibility index (Phi) is 6.43. The van der Waals surface area contributed by atoms with Crippen molar-refractivity contribution >= 4 is 6.09 Å². The van der Waals surface area contributed by atoms with Crippen LogP contribution in [0.4, 0.5) is 13.6 Å². The van der Waals surface area contributed by atoms with E-state index in [4.69, 9.17) is 9.84 Å². The number of carboxylic acid groups (broad SMARTS) is 1. The first kappa shape index (κ1) is 20.0. The lowest BCUT2D eigenvalue weighted by atomic mass is 9.98. The Hall–Kier alpha value is -2.71. The molecule has 1 unspecified atom stereocenters. The Morgan fingerprint density at radius 3 is 2.64 bits per heavy atom. The van der Waals surface area contributed by atoms with Crippen LogP contribution in [-0.2, 0) is 6.42 Å². The topological polar surface area (TPSA) is 90.8 Å². The molecule has 0 aromatic heterocycles. The van der Waals surface area contributed by atoms with Crippen LogP contribution in [0.5, 0.6) is 5.75 Å². The highest BCUT2D eigenvalue weighted by atomic mass is 19.1. The summed E-state index contributed by atoms with van der Waals surface area (Å²) < 4.78 is 32.4. The van der Waals surface area contributed by atoms with Gasteiger partial charge in [0.15, 0.2) is 0 Å². The molecule has 0 radical (unpaired) electrons. The van der Waals surface area contributed by atoms with E-state index >= 15 is 0 Å². The average molecular weight is 392 g/mol. The van der Waals surface area contributed by atoms with Crippen molar-refractivity contribution in [1.29, 1.82) is 0 Å². The predicted octanol–water partition coefficient (Wildman–Crippen LogP) is 2.62. The van der Waals surface area contributed by atoms with Crippen molar-refractivity contribution in [3.05, 3.63) is 65.2 Å². The lowest BCUT2D eigenvalue weighted by Gasteiger charge is -2.29. The number of nitrogens with one attached hydrogen (secondary N) is 2. The molecule has 0 fully saturated rings. The fourth-order valence-electron chi connectivity index (χ4n) is 3.38. The third kappa shape index (κ3) is 5.17. The number of halogens is 2. The van der Waals surface area contributed by atoms with Gasteiger partial charge in [0.05, 0.1) is 18.8 Å². The van der Waals surface area contributed by atoms with Crippen LogP contribution in [0.3, 0.4) is 0 Å². The molecular weight excluding hydrogens is 370 g/mol. The number of carbonyl (C=O) groups is 1. The molecule has 4 N–H and O–H groups in total. The molecule has 0 spiro atoms. The molecule has 6 nitrogen and oxygen atoms in total. The third-order valence-corrected chi connectivity index (χ3v) is 4.68. The Morgan fingerprint density at radius 2 is 1.93 bits per heavy atom. The molecule has 3 atom stereocenters. The van der Waals surface area contributed by atoms with Gasteiger partial charge in [-0.1, -0.05) is 18.2 Å². The maximum atomic E-state index is 13.4. The summed E-state index contributed by atoms with van der Waals surface area (Å²) in [6, 6.07) is 9.58. The maximum absolute atomic E-state index is 13.4. The summed E-state index contributed by atoms with van der Waals surface area (Å²) in [4.78, 5) is 11.1. The number of hydrogen-bond donors (Lipinski definition) is 4. The Morgan fingerprint density at radius 1 is 1.21 bits per heavy atom. The molecule has 0 saturated carbocycles. The van der Waals surface area contributed by atoms with Gasteiger partial charge in [-0.3, -0.25) is 0 Å². The van der Waals surface area contributed by atoms with Gasteiger partial charge >= 0.3 is 6.09 Å². The minimum absolute atomic E-state index is 0.0447. The Balaban J connectivity index is 1.66. The lowest BCUT2D eigenvalue weighted by Crippen LogP contribution is -2.49. The van der Waals surface area contributed by atoms with Gasteiger partial charge in [-0.15, -0.1) is 0 Å². The first-order valence-electron chi connectivity index (χ1n) is 9.00. The normalized spacial score (nSPS) is 17.9. The molecule has 0 bridgehead atoms. The first-order valence-corrected chi connectivity index (χ1v) is 9.00. The number of aliphatic hydroxyl groups excluding tert-OH is 1. The number of rotatable bonds is 7. The van der Waals surface area contributed by atoms with Crippen molar-refractivity contribution in [3.8, 4) is 5.75 Å². The van der Waals surface area contributed by atoms with E-state index in [-0.39, 0.29) is 24.6 Å². The first-order chi connectivity index (χ1) is 13.4. The van der Waals surface area contributed by atoms with Gasteiger partial charge in [-0.2, -0.15) is 0 Å². The van der Waals surface area contributed by atoms with Crippen LogP contribution < -0.4 is 15.4 Å². The third-order valence-electron chi connectivity index (χ3n) is 4.68. The zero-order valence-electron chi connectivity index (χ0n) is 15.1. The second-order valence-corrected chi connectivity index (χ2v) is 6.74. The monoisotopic (exact) mass is 392 g/mol. The van der Waals surface area contributed by atoms with Crippen molar-refractivity contribution in [3.63, 3.8) is 0 Å². The summed E-state index contributed by atoms with van der Waals surface area (Å²) >= 11 is 0. The fourth-order valence-corrected chi connectivity index (χ4v) is 3.38. The van der Waals surface area contributed by atoms with Gasteiger partial charge in [0.25, 0.3) is 0 Å². The number of fused-ring (bicyclic) bond motifs is 1. The van der Waals surface area contributed by atoms with Crippen LogP contribution >= 0.6 is 0 Å². The van der Waals surface area contributed by atoms with E-state index in [1.807, 2.05) is 24.3 Å². The molecule has 1 aliphatic heterocycles. The van der Waals surface area contributed by atoms with Crippen LogP contribution in [-0.4, -0.2) is 41.6 Å². The number of ether oxygens (including phenoxy) is 1. The van der Waals surface area contributed by atoms with E-state index in [1.165, 1.54) is 0 Å². The van der Waals surface area contributed by atoms with Crippen molar-refractivity contribution in [2.75, 3.05) is 13.2 Å². The van der Waals surface area contributed by atoms with E-state index in [2.05, 4.69) is 10.6 Å². The van der Waals surface area contributed by atoms with Gasteiger partial charge in [-0.25, -0.2) is 13.6 Å². The predicted molar refractivity (Wildman–Crippen MR) is 98.3 cm³/mol. The largest absolute Gasteiger partial charge is 0.493 e. The van der Waals surface area contributed by atoms with Crippen LogP contribution in [0, 0.1) is 11.6 Å². The van der Waals surface area contributed by atoms with Crippen LogP contribution in [0.1, 0.15) is 23.6 Å². The Bertz CT molecular complexity index is 813. The van der Waals surface area contributed by atoms with Crippen LogP contribution in [0.15, 0.2) is 42.5 Å². The number of amides is 1. The highest BCUT2D eigenvalue weighted by molar-refractivity contribution is 5.65. The summed E-state index contributed by atoms with van der Waals surface area (Å²) in [6.07, 6.45) is -1.76. The second-order valence-electron chi connectivity index (χ2n) is 6.74. The summed E-state index contributed by atoms with van der Waals surface area (Å²) in [5.41, 5.74) is 1.22. The molecule has 0 saturated heterocycles. The van der Waals surface area contributed by atoms with E-state index in [9.17, 15) is 18.7 Å². The molecule has 1 amide bonds.